The van der Waals surface area contributed by atoms with Crippen LogP contribution in [0.2, 0.25) is 0 Å². The molecule has 8 heteroatoms. The van der Waals surface area contributed by atoms with Crippen LogP contribution in [0.15, 0.2) is 12.4 Å². The third-order valence-electron chi connectivity index (χ3n) is 4.45. The highest BCUT2D eigenvalue weighted by Crippen LogP contribution is 2.27. The first-order chi connectivity index (χ1) is 12.5. The summed E-state index contributed by atoms with van der Waals surface area (Å²) in [5.41, 5.74) is 0.948. The van der Waals surface area contributed by atoms with Crippen molar-refractivity contribution < 1.29 is 4.79 Å². The third kappa shape index (κ3) is 4.75. The molecule has 2 aromatic rings. The molecule has 1 aliphatic heterocycles. The van der Waals surface area contributed by atoms with Crippen molar-refractivity contribution in [1.82, 2.24) is 25.1 Å². The number of hydrogen-bond donors (Lipinski definition) is 1. The van der Waals surface area contributed by atoms with E-state index in [1.165, 1.54) is 11.3 Å². The van der Waals surface area contributed by atoms with Crippen LogP contribution in [-0.4, -0.2) is 44.1 Å². The highest BCUT2D eigenvalue weighted by molar-refractivity contribution is 7.15. The van der Waals surface area contributed by atoms with Crippen molar-refractivity contribution in [2.24, 2.45) is 5.92 Å². The summed E-state index contributed by atoms with van der Waals surface area (Å²) in [4.78, 5) is 23.4. The van der Waals surface area contributed by atoms with Gasteiger partial charge in [-0.05, 0) is 25.2 Å². The van der Waals surface area contributed by atoms with E-state index in [4.69, 9.17) is 0 Å². The largest absolute Gasteiger partial charge is 0.342 e. The van der Waals surface area contributed by atoms with Crippen molar-refractivity contribution in [3.8, 4) is 0 Å². The summed E-state index contributed by atoms with van der Waals surface area (Å²) < 4.78 is 0. The minimum absolute atomic E-state index is 0.249. The van der Waals surface area contributed by atoms with Gasteiger partial charge in [-0.15, -0.1) is 10.2 Å². The van der Waals surface area contributed by atoms with E-state index in [0.717, 1.165) is 48.2 Å². The molecule has 3 heterocycles. The Labute approximate surface area is 158 Å². The Hall–Kier alpha value is -2.09. The number of piperidine rings is 1. The number of nitrogens with zero attached hydrogens (tertiary/aromatic N) is 5. The van der Waals surface area contributed by atoms with Gasteiger partial charge < -0.3 is 10.2 Å². The minimum atomic E-state index is 0.249. The topological polar surface area (TPSA) is 83.9 Å². The van der Waals surface area contributed by atoms with E-state index in [-0.39, 0.29) is 11.8 Å². The lowest BCUT2D eigenvalue weighted by Crippen LogP contribution is -2.39. The van der Waals surface area contributed by atoms with Gasteiger partial charge in [0.1, 0.15) is 5.01 Å². The molecule has 1 unspecified atom stereocenters. The maximum Gasteiger partial charge on any atom is 0.222 e. The van der Waals surface area contributed by atoms with Crippen LogP contribution in [-0.2, 0) is 11.2 Å². The lowest BCUT2D eigenvalue weighted by atomic mass is 9.94. The van der Waals surface area contributed by atoms with Crippen LogP contribution in [0.4, 0.5) is 10.9 Å². The van der Waals surface area contributed by atoms with Crippen molar-refractivity contribution >= 4 is 28.2 Å². The Balaban J connectivity index is 1.61. The molecule has 140 valence electrons. The molecule has 3 rings (SSSR count). The number of rotatable bonds is 6. The zero-order chi connectivity index (χ0) is 18.5. The van der Waals surface area contributed by atoms with E-state index >= 15 is 0 Å². The highest BCUT2D eigenvalue weighted by Gasteiger charge is 2.26. The summed E-state index contributed by atoms with van der Waals surface area (Å²) >= 11 is 1.52. The van der Waals surface area contributed by atoms with Gasteiger partial charge in [0.05, 0.1) is 18.1 Å². The number of aryl methyl sites for hydroxylation is 1. The zero-order valence-electron chi connectivity index (χ0n) is 15.6. The fourth-order valence-corrected chi connectivity index (χ4v) is 3.78. The number of nitrogens with one attached hydrogen (secondary N) is 1. The van der Waals surface area contributed by atoms with Gasteiger partial charge in [0.15, 0.2) is 5.82 Å². The van der Waals surface area contributed by atoms with Gasteiger partial charge >= 0.3 is 0 Å². The maximum absolute atomic E-state index is 12.3. The zero-order valence-corrected chi connectivity index (χ0v) is 16.4. The molecule has 1 saturated heterocycles. The van der Waals surface area contributed by atoms with E-state index in [9.17, 15) is 4.79 Å². The predicted octanol–water partition coefficient (Wildman–Crippen LogP) is 3.39. The summed E-state index contributed by atoms with van der Waals surface area (Å²) in [6.45, 7) is 7.81. The second-order valence-electron chi connectivity index (χ2n) is 7.08. The second kappa shape index (κ2) is 8.53. The van der Waals surface area contributed by atoms with E-state index in [1.54, 1.807) is 6.20 Å². The molecule has 2 aromatic heterocycles. The van der Waals surface area contributed by atoms with Crippen molar-refractivity contribution in [1.29, 1.82) is 0 Å². The fraction of sp³-hybridized carbons (Fsp3) is 0.611. The first-order valence-electron chi connectivity index (χ1n) is 9.24. The number of amides is 1. The Morgan fingerprint density at radius 1 is 1.35 bits per heavy atom. The van der Waals surface area contributed by atoms with Gasteiger partial charge in [0.2, 0.25) is 11.0 Å². The van der Waals surface area contributed by atoms with Crippen LogP contribution in [0.25, 0.3) is 0 Å². The molecule has 0 aromatic carbocycles. The Bertz CT molecular complexity index is 730. The molecular formula is C18H26N6OS. The summed E-state index contributed by atoms with van der Waals surface area (Å²) in [6.07, 6.45) is 7.09. The van der Waals surface area contributed by atoms with Crippen LogP contribution >= 0.6 is 11.3 Å². The average Bonchev–Trinajstić information content (AvgIpc) is 3.09. The number of likely N-dealkylation sites (tertiary alicyclic amines) is 1. The molecule has 1 atom stereocenters. The van der Waals surface area contributed by atoms with Crippen molar-refractivity contribution in [3.63, 3.8) is 0 Å². The van der Waals surface area contributed by atoms with Crippen molar-refractivity contribution in [2.45, 2.75) is 52.4 Å². The normalized spacial score (nSPS) is 17.5. The first-order valence-corrected chi connectivity index (χ1v) is 10.1. The standard InChI is InChI=1S/C18H26N6OS/c1-4-16-22-23-18(26-16)21-15-10-19-14(9-20-15)13-6-5-7-24(11-13)17(25)8-12(2)3/h9-10,12-13H,4-8,11H2,1-3H3,(H,20,21,23). The van der Waals surface area contributed by atoms with Crippen LogP contribution in [0.5, 0.6) is 0 Å². The SMILES string of the molecule is CCc1nnc(Nc2cnc(C3CCCN(C(=O)CC(C)C)C3)cn2)s1. The number of hydrogen-bond acceptors (Lipinski definition) is 7. The van der Waals surface area contributed by atoms with Gasteiger partial charge in [0.25, 0.3) is 0 Å². The Kier molecular flexibility index (Phi) is 6.13. The fourth-order valence-electron chi connectivity index (χ4n) is 3.09. The third-order valence-corrected chi connectivity index (χ3v) is 5.43. The number of carbonyl (C=O) groups is 1. The molecule has 0 bridgehead atoms. The molecule has 0 radical (unpaired) electrons. The molecule has 1 amide bonds. The molecule has 0 spiro atoms. The first kappa shape index (κ1) is 18.7. The van der Waals surface area contributed by atoms with Crippen LogP contribution in [0.3, 0.4) is 0 Å². The quantitative estimate of drug-likeness (QED) is 0.834. The van der Waals surface area contributed by atoms with Crippen molar-refractivity contribution in [3.05, 3.63) is 23.1 Å². The molecule has 0 aliphatic carbocycles. The molecule has 26 heavy (non-hydrogen) atoms. The van der Waals surface area contributed by atoms with Crippen molar-refractivity contribution in [2.75, 3.05) is 18.4 Å². The monoisotopic (exact) mass is 374 g/mol. The summed E-state index contributed by atoms with van der Waals surface area (Å²) in [5.74, 6) is 1.56. The summed E-state index contributed by atoms with van der Waals surface area (Å²) in [5, 5.41) is 13.0. The van der Waals surface area contributed by atoms with Gasteiger partial charge in [-0.2, -0.15) is 0 Å². The average molecular weight is 375 g/mol. The van der Waals surface area contributed by atoms with E-state index in [2.05, 4.69) is 46.3 Å². The lowest BCUT2D eigenvalue weighted by Gasteiger charge is -2.33. The van der Waals surface area contributed by atoms with Gasteiger partial charge in [-0.1, -0.05) is 32.1 Å². The molecule has 1 N–H and O–H groups in total. The smallest absolute Gasteiger partial charge is 0.222 e. The molecule has 1 fully saturated rings. The van der Waals surface area contributed by atoms with Crippen LogP contribution < -0.4 is 5.32 Å². The van der Waals surface area contributed by atoms with E-state index in [1.807, 2.05) is 11.1 Å². The van der Waals surface area contributed by atoms with Crippen LogP contribution in [0.1, 0.15) is 56.7 Å². The lowest BCUT2D eigenvalue weighted by molar-refractivity contribution is -0.133. The van der Waals surface area contributed by atoms with E-state index in [0.29, 0.717) is 18.2 Å². The minimum Gasteiger partial charge on any atom is -0.342 e. The van der Waals surface area contributed by atoms with E-state index < -0.39 is 0 Å². The highest BCUT2D eigenvalue weighted by atomic mass is 32.1. The number of aromatic nitrogens is 4. The van der Waals surface area contributed by atoms with Gasteiger partial charge in [0, 0.05) is 25.4 Å². The van der Waals surface area contributed by atoms with Gasteiger partial charge in [-0.25, -0.2) is 4.98 Å². The number of anilines is 2. The predicted molar refractivity (Wildman–Crippen MR) is 103 cm³/mol. The summed E-state index contributed by atoms with van der Waals surface area (Å²) in [6, 6.07) is 0. The maximum atomic E-state index is 12.3. The molecule has 1 aliphatic rings. The van der Waals surface area contributed by atoms with Gasteiger partial charge in [-0.3, -0.25) is 9.78 Å². The Morgan fingerprint density at radius 3 is 2.85 bits per heavy atom. The summed E-state index contributed by atoms with van der Waals surface area (Å²) in [7, 11) is 0. The molecule has 0 saturated carbocycles. The van der Waals surface area contributed by atoms with Crippen LogP contribution in [0, 0.1) is 5.92 Å². The molecular weight excluding hydrogens is 348 g/mol. The Morgan fingerprint density at radius 2 is 2.19 bits per heavy atom. The molecule has 7 nitrogen and oxygen atoms in total. The number of carbonyl (C=O) groups excluding carboxylic acids is 1. The second-order valence-corrected chi connectivity index (χ2v) is 8.14.